The SMILES string of the molecule is COc1ccc(N/C=C(\C=N)C(=O)NCCC(O)CN2CCc3ccccc3C2)cc1. The van der Waals surface area contributed by atoms with Gasteiger partial charge in [-0.1, -0.05) is 24.3 Å². The zero-order chi connectivity index (χ0) is 22.1. The van der Waals surface area contributed by atoms with Crippen LogP contribution in [0, 0.1) is 5.41 Å². The average molecular weight is 423 g/mol. The summed E-state index contributed by atoms with van der Waals surface area (Å²) in [5.74, 6) is 0.391. The molecule has 1 amide bonds. The molecule has 0 bridgehead atoms. The predicted molar refractivity (Wildman–Crippen MR) is 123 cm³/mol. The lowest BCUT2D eigenvalue weighted by Gasteiger charge is -2.30. The Balaban J connectivity index is 1.41. The average Bonchev–Trinajstić information content (AvgIpc) is 2.79. The molecule has 1 aliphatic rings. The van der Waals surface area contributed by atoms with E-state index in [4.69, 9.17) is 10.1 Å². The molecule has 1 atom stereocenters. The predicted octanol–water partition coefficient (Wildman–Crippen LogP) is 2.57. The number of hydrogen-bond donors (Lipinski definition) is 4. The lowest BCUT2D eigenvalue weighted by molar-refractivity contribution is -0.117. The highest BCUT2D eigenvalue weighted by Gasteiger charge is 2.18. The number of β-amino-alcohol motifs (C(OH)–C–C–N with tert-alkyl or cyclic N) is 1. The first kappa shape index (κ1) is 22.5. The first-order valence-corrected chi connectivity index (χ1v) is 10.5. The monoisotopic (exact) mass is 422 g/mol. The highest BCUT2D eigenvalue weighted by molar-refractivity contribution is 6.11. The van der Waals surface area contributed by atoms with Gasteiger partial charge in [0.15, 0.2) is 0 Å². The number of anilines is 1. The number of carbonyl (C=O) groups excluding carboxylic acids is 1. The molecule has 0 radical (unpaired) electrons. The summed E-state index contributed by atoms with van der Waals surface area (Å²) in [5, 5.41) is 23.7. The zero-order valence-electron chi connectivity index (χ0n) is 17.8. The van der Waals surface area contributed by atoms with E-state index in [2.05, 4.69) is 33.7 Å². The molecule has 31 heavy (non-hydrogen) atoms. The second-order valence-corrected chi connectivity index (χ2v) is 7.57. The van der Waals surface area contributed by atoms with E-state index < -0.39 is 6.10 Å². The Morgan fingerprint density at radius 3 is 2.68 bits per heavy atom. The topological polar surface area (TPSA) is 97.7 Å². The van der Waals surface area contributed by atoms with Crippen molar-refractivity contribution in [1.29, 1.82) is 5.41 Å². The molecule has 3 rings (SSSR count). The normalized spacial score (nSPS) is 15.0. The van der Waals surface area contributed by atoms with Crippen molar-refractivity contribution < 1.29 is 14.6 Å². The molecule has 7 nitrogen and oxygen atoms in total. The fourth-order valence-corrected chi connectivity index (χ4v) is 3.57. The molecule has 2 aromatic carbocycles. The van der Waals surface area contributed by atoms with Crippen LogP contribution < -0.4 is 15.4 Å². The maximum Gasteiger partial charge on any atom is 0.254 e. The van der Waals surface area contributed by atoms with Crippen molar-refractivity contribution >= 4 is 17.8 Å². The second kappa shape index (κ2) is 11.3. The van der Waals surface area contributed by atoms with E-state index in [1.807, 2.05) is 30.3 Å². The highest BCUT2D eigenvalue weighted by atomic mass is 16.5. The molecule has 4 N–H and O–H groups in total. The van der Waals surface area contributed by atoms with Gasteiger partial charge in [0.2, 0.25) is 0 Å². The van der Waals surface area contributed by atoms with Crippen LogP contribution in [0.25, 0.3) is 0 Å². The van der Waals surface area contributed by atoms with Gasteiger partial charge in [0, 0.05) is 44.3 Å². The Morgan fingerprint density at radius 1 is 1.23 bits per heavy atom. The number of amides is 1. The number of hydrogen-bond acceptors (Lipinski definition) is 6. The number of ether oxygens (including phenoxy) is 1. The highest BCUT2D eigenvalue weighted by Crippen LogP contribution is 2.19. The quantitative estimate of drug-likeness (QED) is 0.349. The van der Waals surface area contributed by atoms with Crippen molar-refractivity contribution in [1.82, 2.24) is 10.2 Å². The minimum Gasteiger partial charge on any atom is -0.497 e. The van der Waals surface area contributed by atoms with Crippen LogP contribution in [0.4, 0.5) is 5.69 Å². The van der Waals surface area contributed by atoms with Crippen molar-refractivity contribution in [2.75, 3.05) is 32.1 Å². The van der Waals surface area contributed by atoms with Gasteiger partial charge < -0.3 is 25.9 Å². The lowest BCUT2D eigenvalue weighted by atomic mass is 9.99. The number of carbonyl (C=O) groups is 1. The van der Waals surface area contributed by atoms with E-state index in [0.29, 0.717) is 19.5 Å². The first-order chi connectivity index (χ1) is 15.1. The van der Waals surface area contributed by atoms with Crippen LogP contribution in [0.15, 0.2) is 60.3 Å². The van der Waals surface area contributed by atoms with Crippen molar-refractivity contribution in [2.45, 2.75) is 25.5 Å². The van der Waals surface area contributed by atoms with E-state index in [1.165, 1.54) is 17.3 Å². The van der Waals surface area contributed by atoms with Gasteiger partial charge in [0.05, 0.1) is 18.8 Å². The fourth-order valence-electron chi connectivity index (χ4n) is 3.57. The summed E-state index contributed by atoms with van der Waals surface area (Å²) >= 11 is 0. The van der Waals surface area contributed by atoms with Crippen molar-refractivity contribution in [3.63, 3.8) is 0 Å². The Labute approximate surface area is 183 Å². The summed E-state index contributed by atoms with van der Waals surface area (Å²) in [4.78, 5) is 14.6. The fraction of sp³-hybridized carbons (Fsp3) is 0.333. The van der Waals surface area contributed by atoms with Gasteiger partial charge in [0.25, 0.3) is 5.91 Å². The maximum atomic E-state index is 12.3. The minimum atomic E-state index is -0.518. The molecular formula is C24H30N4O3. The number of fused-ring (bicyclic) bond motifs is 1. The molecule has 7 heteroatoms. The third-order valence-corrected chi connectivity index (χ3v) is 5.34. The van der Waals surface area contributed by atoms with Crippen molar-refractivity contribution in [2.24, 2.45) is 0 Å². The number of nitrogens with zero attached hydrogens (tertiary/aromatic N) is 1. The molecule has 0 fully saturated rings. The standard InChI is InChI=1S/C24H30N4O3/c1-31-23-8-6-21(7-9-23)27-15-20(14-25)24(30)26-12-10-22(29)17-28-13-11-18-4-2-3-5-19(18)16-28/h2-9,14-15,22,25,27,29H,10-13,16-17H2,1H3,(H,26,30)/b20-15+,25-14?. The van der Waals surface area contributed by atoms with Crippen LogP contribution in [0.3, 0.4) is 0 Å². The van der Waals surface area contributed by atoms with Crippen LogP contribution in [0.5, 0.6) is 5.75 Å². The van der Waals surface area contributed by atoms with Crippen LogP contribution >= 0.6 is 0 Å². The maximum absolute atomic E-state index is 12.3. The number of methoxy groups -OCH3 is 1. The third kappa shape index (κ3) is 6.67. The van der Waals surface area contributed by atoms with E-state index >= 15 is 0 Å². The molecule has 0 saturated carbocycles. The Bertz CT molecular complexity index is 911. The molecule has 0 aliphatic carbocycles. The molecule has 2 aromatic rings. The van der Waals surface area contributed by atoms with Crippen LogP contribution in [0.2, 0.25) is 0 Å². The van der Waals surface area contributed by atoms with E-state index in [1.54, 1.807) is 7.11 Å². The Kier molecular flexibility index (Phi) is 8.20. The molecule has 164 valence electrons. The minimum absolute atomic E-state index is 0.206. The summed E-state index contributed by atoms with van der Waals surface area (Å²) in [6.07, 6.45) is 3.43. The number of rotatable bonds is 10. The number of aliphatic hydroxyl groups excluding tert-OH is 1. The summed E-state index contributed by atoms with van der Waals surface area (Å²) < 4.78 is 5.11. The van der Waals surface area contributed by atoms with Gasteiger partial charge in [-0.3, -0.25) is 9.69 Å². The van der Waals surface area contributed by atoms with Gasteiger partial charge in [-0.05, 0) is 48.2 Å². The third-order valence-electron chi connectivity index (χ3n) is 5.34. The summed E-state index contributed by atoms with van der Waals surface area (Å²) in [6.45, 7) is 2.70. The summed E-state index contributed by atoms with van der Waals surface area (Å²) in [7, 11) is 1.60. The van der Waals surface area contributed by atoms with E-state index in [9.17, 15) is 9.90 Å². The molecule has 1 heterocycles. The van der Waals surface area contributed by atoms with Crippen LogP contribution in [-0.2, 0) is 17.8 Å². The van der Waals surface area contributed by atoms with Gasteiger partial charge in [-0.15, -0.1) is 0 Å². The summed E-state index contributed by atoms with van der Waals surface area (Å²) in [5.41, 5.74) is 3.69. The molecular weight excluding hydrogens is 392 g/mol. The number of benzene rings is 2. The van der Waals surface area contributed by atoms with Crippen LogP contribution in [0.1, 0.15) is 17.5 Å². The lowest BCUT2D eigenvalue weighted by Crippen LogP contribution is -2.38. The van der Waals surface area contributed by atoms with Crippen molar-refractivity contribution in [3.05, 3.63) is 71.4 Å². The molecule has 0 saturated heterocycles. The smallest absolute Gasteiger partial charge is 0.254 e. The molecule has 1 unspecified atom stereocenters. The van der Waals surface area contributed by atoms with E-state index in [-0.39, 0.29) is 11.5 Å². The van der Waals surface area contributed by atoms with Crippen LogP contribution in [-0.4, -0.2) is 55.0 Å². The summed E-state index contributed by atoms with van der Waals surface area (Å²) in [6, 6.07) is 15.7. The van der Waals surface area contributed by atoms with Gasteiger partial charge in [-0.2, -0.15) is 0 Å². The van der Waals surface area contributed by atoms with Gasteiger partial charge in [0.1, 0.15) is 5.75 Å². The zero-order valence-corrected chi connectivity index (χ0v) is 17.8. The van der Waals surface area contributed by atoms with Gasteiger partial charge in [-0.25, -0.2) is 0 Å². The number of aliphatic hydroxyl groups is 1. The second-order valence-electron chi connectivity index (χ2n) is 7.57. The Hall–Kier alpha value is -3.16. The van der Waals surface area contributed by atoms with Crippen molar-refractivity contribution in [3.8, 4) is 5.75 Å². The molecule has 0 aromatic heterocycles. The molecule has 0 spiro atoms. The Morgan fingerprint density at radius 2 is 1.97 bits per heavy atom. The number of nitrogens with one attached hydrogen (secondary N) is 3. The van der Waals surface area contributed by atoms with E-state index in [0.717, 1.165) is 37.2 Å². The van der Waals surface area contributed by atoms with Gasteiger partial charge >= 0.3 is 0 Å². The largest absolute Gasteiger partial charge is 0.497 e. The molecule has 1 aliphatic heterocycles. The first-order valence-electron chi connectivity index (χ1n) is 10.5.